The summed E-state index contributed by atoms with van der Waals surface area (Å²) in [6.07, 6.45) is 1.05. The first-order valence-electron chi connectivity index (χ1n) is 12.2. The van der Waals surface area contributed by atoms with Gasteiger partial charge in [-0.1, -0.05) is 0 Å². The van der Waals surface area contributed by atoms with E-state index in [1.807, 2.05) is 0 Å². The Kier molecular flexibility index (Phi) is 5.68. The second-order valence-corrected chi connectivity index (χ2v) is 11.6. The third-order valence-corrected chi connectivity index (χ3v) is 9.36. The van der Waals surface area contributed by atoms with Crippen LogP contribution in [0.25, 0.3) is 0 Å². The first kappa shape index (κ1) is 23.9. The number of sulfonamides is 1. The molecule has 6 rings (SSSR count). The van der Waals surface area contributed by atoms with Gasteiger partial charge in [-0.15, -0.1) is 0 Å². The van der Waals surface area contributed by atoms with Gasteiger partial charge in [0.2, 0.25) is 21.8 Å². The molecule has 0 aliphatic carbocycles. The number of hydrogen-bond donors (Lipinski definition) is 1. The van der Waals surface area contributed by atoms with E-state index in [1.54, 1.807) is 29.2 Å². The van der Waals surface area contributed by atoms with Crippen molar-refractivity contribution in [1.82, 2.24) is 14.5 Å². The van der Waals surface area contributed by atoms with Crippen molar-refractivity contribution in [3.05, 3.63) is 52.8 Å². The second-order valence-electron chi connectivity index (χ2n) is 9.62. The van der Waals surface area contributed by atoms with E-state index in [-0.39, 0.29) is 61.9 Å². The highest BCUT2D eigenvalue weighted by molar-refractivity contribution is 7.89. The van der Waals surface area contributed by atoms with Crippen LogP contribution in [0.15, 0.2) is 35.2 Å². The zero-order valence-electron chi connectivity index (χ0n) is 19.9. The zero-order chi connectivity index (χ0) is 25.9. The molecule has 4 aliphatic rings. The van der Waals surface area contributed by atoms with Crippen LogP contribution < -0.4 is 15.0 Å². The third kappa shape index (κ3) is 4.04. The first-order valence-corrected chi connectivity index (χ1v) is 13.6. The lowest BCUT2D eigenvalue weighted by atomic mass is 10.0. The number of imide groups is 1. The van der Waals surface area contributed by atoms with Crippen molar-refractivity contribution in [1.29, 1.82) is 0 Å². The van der Waals surface area contributed by atoms with Gasteiger partial charge in [0, 0.05) is 51.1 Å². The third-order valence-electron chi connectivity index (χ3n) is 7.47. The van der Waals surface area contributed by atoms with Gasteiger partial charge >= 0.3 is 0 Å². The van der Waals surface area contributed by atoms with Gasteiger partial charge in [0.1, 0.15) is 17.6 Å². The molecule has 2 fully saturated rings. The average Bonchev–Trinajstić information content (AvgIpc) is 3.48. The lowest BCUT2D eigenvalue weighted by Crippen LogP contribution is -2.52. The van der Waals surface area contributed by atoms with Crippen molar-refractivity contribution in [3.63, 3.8) is 0 Å². The number of benzene rings is 2. The molecule has 2 aromatic rings. The lowest BCUT2D eigenvalue weighted by molar-refractivity contribution is -0.136. The van der Waals surface area contributed by atoms with Crippen LogP contribution in [0.3, 0.4) is 0 Å². The SMILES string of the molecule is O=C1CCC(N2Cc3cc(N4CCN(S(=O)(=O)c5ccc6c(c5)CCO6)CC4)c(F)cc3C2=O)C(=O)N1. The number of anilines is 1. The fourth-order valence-electron chi connectivity index (χ4n) is 5.46. The summed E-state index contributed by atoms with van der Waals surface area (Å²) in [6, 6.07) is 6.93. The number of halogens is 1. The minimum absolute atomic E-state index is 0.141. The molecule has 194 valence electrons. The Labute approximate surface area is 213 Å². The molecule has 4 aliphatic heterocycles. The van der Waals surface area contributed by atoms with Crippen LogP contribution in [0.1, 0.15) is 34.3 Å². The Bertz CT molecular complexity index is 1440. The van der Waals surface area contributed by atoms with E-state index in [0.717, 1.165) is 5.56 Å². The molecular weight excluding hydrogens is 503 g/mol. The summed E-state index contributed by atoms with van der Waals surface area (Å²) in [5.74, 6) is -1.19. The van der Waals surface area contributed by atoms with E-state index in [4.69, 9.17) is 4.74 Å². The van der Waals surface area contributed by atoms with Gasteiger partial charge < -0.3 is 14.5 Å². The molecule has 0 saturated carbocycles. The maximum atomic E-state index is 15.1. The Morgan fingerprint density at radius 2 is 1.76 bits per heavy atom. The Morgan fingerprint density at radius 1 is 0.973 bits per heavy atom. The average molecular weight is 529 g/mol. The molecule has 37 heavy (non-hydrogen) atoms. The molecule has 0 spiro atoms. The fraction of sp³-hybridized carbons (Fsp3) is 0.400. The number of hydrogen-bond acceptors (Lipinski definition) is 7. The number of carbonyl (C=O) groups is 3. The first-order chi connectivity index (χ1) is 17.7. The van der Waals surface area contributed by atoms with Crippen LogP contribution in [0.2, 0.25) is 0 Å². The second kappa shape index (κ2) is 8.80. The molecule has 10 nitrogen and oxygen atoms in total. The quantitative estimate of drug-likeness (QED) is 0.590. The Morgan fingerprint density at radius 3 is 2.51 bits per heavy atom. The molecular formula is C25H25FN4O6S. The topological polar surface area (TPSA) is 116 Å². The molecule has 0 aromatic heterocycles. The zero-order valence-corrected chi connectivity index (χ0v) is 20.7. The number of nitrogens with one attached hydrogen (secondary N) is 1. The van der Waals surface area contributed by atoms with Crippen LogP contribution in [0, 0.1) is 5.82 Å². The summed E-state index contributed by atoms with van der Waals surface area (Å²) in [5.41, 5.74) is 1.97. The predicted molar refractivity (Wildman–Crippen MR) is 129 cm³/mol. The van der Waals surface area contributed by atoms with Crippen LogP contribution in [-0.2, 0) is 32.6 Å². The molecule has 0 radical (unpaired) electrons. The van der Waals surface area contributed by atoms with Gasteiger partial charge in [-0.3, -0.25) is 19.7 Å². The summed E-state index contributed by atoms with van der Waals surface area (Å²) >= 11 is 0. The normalized spacial score (nSPS) is 22.1. The summed E-state index contributed by atoms with van der Waals surface area (Å²) in [4.78, 5) is 40.0. The number of fused-ring (bicyclic) bond motifs is 2. The van der Waals surface area contributed by atoms with Crippen molar-refractivity contribution in [2.75, 3.05) is 37.7 Å². The van der Waals surface area contributed by atoms with Crippen molar-refractivity contribution in [2.24, 2.45) is 0 Å². The lowest BCUT2D eigenvalue weighted by Gasteiger charge is -2.35. The molecule has 2 aromatic carbocycles. The number of amides is 3. The minimum Gasteiger partial charge on any atom is -0.493 e. The molecule has 3 amide bonds. The van der Waals surface area contributed by atoms with Gasteiger partial charge in [0.25, 0.3) is 5.91 Å². The van der Waals surface area contributed by atoms with Crippen molar-refractivity contribution < 1.29 is 31.9 Å². The highest BCUT2D eigenvalue weighted by atomic mass is 32.2. The summed E-state index contributed by atoms with van der Waals surface area (Å²) in [5, 5.41) is 2.25. The largest absolute Gasteiger partial charge is 0.493 e. The standard InChI is InChI=1S/C25H25FN4O6S/c26-19-13-18-16(14-30(25(18)33)20-2-4-23(31)27-24(20)32)12-21(19)28-6-8-29(9-7-28)37(34,35)17-1-3-22-15(11-17)5-10-36-22/h1,3,11-13,20H,2,4-10,14H2,(H,27,31,32). The Hall–Kier alpha value is -3.51. The number of nitrogens with zero attached hydrogens (tertiary/aromatic N) is 3. The van der Waals surface area contributed by atoms with Crippen molar-refractivity contribution in [3.8, 4) is 5.75 Å². The summed E-state index contributed by atoms with van der Waals surface area (Å²) < 4.78 is 48.4. The van der Waals surface area contributed by atoms with Gasteiger partial charge in [-0.25, -0.2) is 12.8 Å². The summed E-state index contributed by atoms with van der Waals surface area (Å²) in [7, 11) is -3.70. The van der Waals surface area contributed by atoms with Crippen molar-refractivity contribution in [2.45, 2.75) is 36.7 Å². The van der Waals surface area contributed by atoms with E-state index >= 15 is 4.39 Å². The van der Waals surface area contributed by atoms with E-state index < -0.39 is 33.7 Å². The number of piperidine rings is 1. The molecule has 1 unspecified atom stereocenters. The highest BCUT2D eigenvalue weighted by Crippen LogP contribution is 2.34. The molecule has 12 heteroatoms. The van der Waals surface area contributed by atoms with E-state index in [1.165, 1.54) is 15.3 Å². The smallest absolute Gasteiger partial charge is 0.255 e. The molecule has 1 atom stereocenters. The Balaban J connectivity index is 1.17. The van der Waals surface area contributed by atoms with Crippen molar-refractivity contribution >= 4 is 33.4 Å². The van der Waals surface area contributed by atoms with Gasteiger partial charge in [-0.2, -0.15) is 4.31 Å². The van der Waals surface area contributed by atoms with Gasteiger partial charge in [0.15, 0.2) is 0 Å². The molecule has 4 heterocycles. The van der Waals surface area contributed by atoms with Crippen LogP contribution in [0.4, 0.5) is 10.1 Å². The van der Waals surface area contributed by atoms with Gasteiger partial charge in [0.05, 0.1) is 17.2 Å². The fourth-order valence-corrected chi connectivity index (χ4v) is 6.93. The molecule has 2 saturated heterocycles. The predicted octanol–water partition coefficient (Wildman–Crippen LogP) is 1.03. The minimum atomic E-state index is -3.70. The number of ether oxygens (including phenoxy) is 1. The highest BCUT2D eigenvalue weighted by Gasteiger charge is 2.40. The van der Waals surface area contributed by atoms with Crippen LogP contribution in [0.5, 0.6) is 5.75 Å². The number of piperazine rings is 1. The summed E-state index contributed by atoms with van der Waals surface area (Å²) in [6.45, 7) is 1.63. The molecule has 1 N–H and O–H groups in total. The van der Waals surface area contributed by atoms with Gasteiger partial charge in [-0.05, 0) is 47.9 Å². The van der Waals surface area contributed by atoms with E-state index in [2.05, 4.69) is 5.32 Å². The monoisotopic (exact) mass is 528 g/mol. The van der Waals surface area contributed by atoms with E-state index in [0.29, 0.717) is 30.0 Å². The number of carbonyl (C=O) groups excluding carboxylic acids is 3. The maximum Gasteiger partial charge on any atom is 0.255 e. The van der Waals surface area contributed by atoms with E-state index in [9.17, 15) is 22.8 Å². The molecule has 0 bridgehead atoms. The maximum absolute atomic E-state index is 15.1. The van der Waals surface area contributed by atoms with Crippen LogP contribution >= 0.6 is 0 Å². The van der Waals surface area contributed by atoms with Crippen LogP contribution in [-0.4, -0.2) is 74.2 Å². The number of rotatable bonds is 4.